The SMILES string of the molecule is CNC1C(OC(C(F)(F)F)C(F)(F)F)CCC1(C)C. The molecule has 0 aromatic carbocycles. The lowest BCUT2D eigenvalue weighted by Crippen LogP contribution is -2.51. The Kier molecular flexibility index (Phi) is 4.46. The van der Waals surface area contributed by atoms with Crippen molar-refractivity contribution >= 4 is 0 Å². The third-order valence-electron chi connectivity index (χ3n) is 3.50. The molecular formula is C11H17F6NO. The predicted molar refractivity (Wildman–Crippen MR) is 56.6 cm³/mol. The first-order chi connectivity index (χ1) is 8.39. The highest BCUT2D eigenvalue weighted by molar-refractivity contribution is 4.97. The van der Waals surface area contributed by atoms with Gasteiger partial charge in [0.05, 0.1) is 6.10 Å². The van der Waals surface area contributed by atoms with Crippen molar-refractivity contribution in [1.29, 1.82) is 0 Å². The third kappa shape index (κ3) is 3.75. The van der Waals surface area contributed by atoms with Crippen LogP contribution in [0.1, 0.15) is 26.7 Å². The minimum atomic E-state index is -5.46. The van der Waals surface area contributed by atoms with E-state index in [1.807, 2.05) is 0 Å². The molecule has 0 aromatic heterocycles. The van der Waals surface area contributed by atoms with E-state index in [1.54, 1.807) is 13.8 Å². The molecule has 0 aromatic rings. The van der Waals surface area contributed by atoms with Crippen LogP contribution in [0.2, 0.25) is 0 Å². The Bertz CT molecular complexity index is 297. The van der Waals surface area contributed by atoms with Crippen molar-refractivity contribution in [2.45, 2.75) is 57.3 Å². The topological polar surface area (TPSA) is 21.3 Å². The van der Waals surface area contributed by atoms with Gasteiger partial charge in [0.15, 0.2) is 0 Å². The largest absolute Gasteiger partial charge is 0.423 e. The highest BCUT2D eigenvalue weighted by Crippen LogP contribution is 2.43. The zero-order valence-corrected chi connectivity index (χ0v) is 10.8. The van der Waals surface area contributed by atoms with Crippen LogP contribution in [-0.4, -0.2) is 37.7 Å². The van der Waals surface area contributed by atoms with E-state index in [1.165, 1.54) is 7.05 Å². The van der Waals surface area contributed by atoms with E-state index in [0.29, 0.717) is 6.42 Å². The molecule has 2 nitrogen and oxygen atoms in total. The van der Waals surface area contributed by atoms with Crippen LogP contribution in [0, 0.1) is 5.41 Å². The summed E-state index contributed by atoms with van der Waals surface area (Å²) in [4.78, 5) is 0. The van der Waals surface area contributed by atoms with Gasteiger partial charge in [0.1, 0.15) is 0 Å². The third-order valence-corrected chi connectivity index (χ3v) is 3.50. The Labute approximate surface area is 107 Å². The van der Waals surface area contributed by atoms with Crippen LogP contribution in [0.3, 0.4) is 0 Å². The van der Waals surface area contributed by atoms with E-state index in [2.05, 4.69) is 10.1 Å². The van der Waals surface area contributed by atoms with Gasteiger partial charge in [-0.25, -0.2) is 0 Å². The molecular weight excluding hydrogens is 276 g/mol. The minimum Gasteiger partial charge on any atom is -0.356 e. The zero-order valence-electron chi connectivity index (χ0n) is 10.8. The lowest BCUT2D eigenvalue weighted by atomic mass is 9.87. The molecule has 1 rings (SSSR count). The van der Waals surface area contributed by atoms with Gasteiger partial charge in [-0.15, -0.1) is 0 Å². The normalized spacial score (nSPS) is 28.1. The van der Waals surface area contributed by atoms with Gasteiger partial charge in [0.2, 0.25) is 6.10 Å². The fraction of sp³-hybridized carbons (Fsp3) is 1.00. The molecule has 1 saturated carbocycles. The smallest absolute Gasteiger partial charge is 0.356 e. The molecule has 1 aliphatic rings. The summed E-state index contributed by atoms with van der Waals surface area (Å²) in [6, 6.07) is -0.542. The molecule has 0 aliphatic heterocycles. The number of likely N-dealkylation sites (N-methyl/N-ethyl adjacent to an activating group) is 1. The number of rotatable bonds is 3. The molecule has 0 amide bonds. The second kappa shape index (κ2) is 5.12. The van der Waals surface area contributed by atoms with E-state index in [0.717, 1.165) is 0 Å². The van der Waals surface area contributed by atoms with Gasteiger partial charge in [0.25, 0.3) is 0 Å². The molecule has 0 saturated heterocycles. The van der Waals surface area contributed by atoms with Crippen molar-refractivity contribution in [3.8, 4) is 0 Å². The standard InChI is InChI=1S/C11H17F6NO/c1-9(2)5-4-6(7(9)18-3)19-8(10(12,13)14)11(15,16)17/h6-8,18H,4-5H2,1-3H3. The second-order valence-electron chi connectivity index (χ2n) is 5.43. The fourth-order valence-corrected chi connectivity index (χ4v) is 2.58. The van der Waals surface area contributed by atoms with Gasteiger partial charge in [-0.1, -0.05) is 13.8 Å². The average molecular weight is 293 g/mol. The van der Waals surface area contributed by atoms with Crippen LogP contribution in [0.15, 0.2) is 0 Å². The summed E-state index contributed by atoms with van der Waals surface area (Å²) in [6.07, 6.45) is -15.1. The van der Waals surface area contributed by atoms with Gasteiger partial charge < -0.3 is 10.1 Å². The Morgan fingerprint density at radius 1 is 1.11 bits per heavy atom. The average Bonchev–Trinajstić information content (AvgIpc) is 2.46. The summed E-state index contributed by atoms with van der Waals surface area (Å²) in [6.45, 7) is 3.57. The van der Waals surface area contributed by atoms with Crippen LogP contribution in [0.4, 0.5) is 26.3 Å². The van der Waals surface area contributed by atoms with E-state index >= 15 is 0 Å². The van der Waals surface area contributed by atoms with Crippen molar-refractivity contribution in [1.82, 2.24) is 5.32 Å². The molecule has 0 radical (unpaired) electrons. The fourth-order valence-electron chi connectivity index (χ4n) is 2.58. The summed E-state index contributed by atoms with van der Waals surface area (Å²) in [5.74, 6) is 0. The molecule has 0 bridgehead atoms. The maximum Gasteiger partial charge on any atom is 0.423 e. The maximum absolute atomic E-state index is 12.4. The Morgan fingerprint density at radius 3 is 1.95 bits per heavy atom. The van der Waals surface area contributed by atoms with E-state index in [-0.39, 0.29) is 6.42 Å². The van der Waals surface area contributed by atoms with Crippen molar-refractivity contribution in [3.63, 3.8) is 0 Å². The zero-order chi connectivity index (χ0) is 15.1. The van der Waals surface area contributed by atoms with Crippen molar-refractivity contribution < 1.29 is 31.1 Å². The first-order valence-corrected chi connectivity index (χ1v) is 5.86. The van der Waals surface area contributed by atoms with Crippen LogP contribution in [0.5, 0.6) is 0 Å². The Hall–Kier alpha value is -0.500. The molecule has 19 heavy (non-hydrogen) atoms. The summed E-state index contributed by atoms with van der Waals surface area (Å²) >= 11 is 0. The van der Waals surface area contributed by atoms with Crippen molar-refractivity contribution in [2.24, 2.45) is 5.41 Å². The first-order valence-electron chi connectivity index (χ1n) is 5.86. The van der Waals surface area contributed by atoms with Crippen molar-refractivity contribution in [3.05, 3.63) is 0 Å². The lowest BCUT2D eigenvalue weighted by Gasteiger charge is -2.33. The number of nitrogens with one attached hydrogen (secondary N) is 1. The van der Waals surface area contributed by atoms with E-state index < -0.39 is 36.0 Å². The predicted octanol–water partition coefficient (Wildman–Crippen LogP) is 3.27. The van der Waals surface area contributed by atoms with Crippen LogP contribution < -0.4 is 5.32 Å². The Balaban J connectivity index is 2.87. The van der Waals surface area contributed by atoms with Gasteiger partial charge >= 0.3 is 12.4 Å². The number of hydrogen-bond acceptors (Lipinski definition) is 2. The van der Waals surface area contributed by atoms with E-state index in [4.69, 9.17) is 0 Å². The van der Waals surface area contributed by atoms with Crippen molar-refractivity contribution in [2.75, 3.05) is 7.05 Å². The first kappa shape index (κ1) is 16.6. The number of hydrogen-bond donors (Lipinski definition) is 1. The molecule has 1 fully saturated rings. The molecule has 2 unspecified atom stereocenters. The summed E-state index contributed by atoms with van der Waals surface area (Å²) < 4.78 is 78.9. The van der Waals surface area contributed by atoms with Gasteiger partial charge in [-0.2, -0.15) is 26.3 Å². The van der Waals surface area contributed by atoms with Crippen LogP contribution >= 0.6 is 0 Å². The van der Waals surface area contributed by atoms with Crippen LogP contribution in [0.25, 0.3) is 0 Å². The molecule has 8 heteroatoms. The second-order valence-corrected chi connectivity index (χ2v) is 5.43. The molecule has 114 valence electrons. The summed E-state index contributed by atoms with van der Waals surface area (Å²) in [5.41, 5.74) is -0.402. The lowest BCUT2D eigenvalue weighted by molar-refractivity contribution is -0.332. The number of ether oxygens (including phenoxy) is 1. The minimum absolute atomic E-state index is 0.168. The molecule has 1 aliphatic carbocycles. The molecule has 1 N–H and O–H groups in total. The van der Waals surface area contributed by atoms with Gasteiger partial charge in [-0.05, 0) is 25.3 Å². The molecule has 0 spiro atoms. The van der Waals surface area contributed by atoms with Gasteiger partial charge in [0, 0.05) is 6.04 Å². The molecule has 2 atom stereocenters. The van der Waals surface area contributed by atoms with Gasteiger partial charge in [-0.3, -0.25) is 0 Å². The maximum atomic E-state index is 12.4. The number of alkyl halides is 6. The molecule has 0 heterocycles. The Morgan fingerprint density at radius 2 is 1.58 bits per heavy atom. The summed E-state index contributed by atoms with van der Waals surface area (Å²) in [5, 5.41) is 2.75. The van der Waals surface area contributed by atoms with E-state index in [9.17, 15) is 26.3 Å². The van der Waals surface area contributed by atoms with Crippen LogP contribution in [-0.2, 0) is 4.74 Å². The summed E-state index contributed by atoms with van der Waals surface area (Å²) in [7, 11) is 1.50. The monoisotopic (exact) mass is 293 g/mol. The highest BCUT2D eigenvalue weighted by atomic mass is 19.4. The quantitative estimate of drug-likeness (QED) is 0.806. The highest BCUT2D eigenvalue weighted by Gasteiger charge is 2.60. The number of halogens is 6.